The summed E-state index contributed by atoms with van der Waals surface area (Å²) in [5, 5.41) is 56.8. The number of ether oxygens (including phenoxy) is 17. The predicted octanol–water partition coefficient (Wildman–Crippen LogP) is 6.61. The second-order valence-corrected chi connectivity index (χ2v) is 29.9. The molecule has 1 fully saturated rings. The van der Waals surface area contributed by atoms with Crippen molar-refractivity contribution < 1.29 is 130 Å². The summed E-state index contributed by atoms with van der Waals surface area (Å²) in [5.41, 5.74) is 8.06. The molecule has 36 heteroatoms. The number of imidazole rings is 1. The van der Waals surface area contributed by atoms with E-state index in [-0.39, 0.29) is 86.8 Å². The van der Waals surface area contributed by atoms with Gasteiger partial charge in [0.15, 0.2) is 5.82 Å². The molecule has 3 heterocycles. The molecule has 36 nitrogen and oxygen atoms in total. The van der Waals surface area contributed by atoms with Gasteiger partial charge in [-0.25, -0.2) is 24.4 Å². The maximum atomic E-state index is 14.2. The van der Waals surface area contributed by atoms with Crippen molar-refractivity contribution in [3.05, 3.63) is 148 Å². The first-order chi connectivity index (χ1) is 61.5. The minimum atomic E-state index is -1.84. The minimum absolute atomic E-state index is 0.0276. The second kappa shape index (κ2) is 56.6. The number of alkyl carbamates (subject to hydrolysis) is 1. The normalized spacial score (nSPS) is 15.7. The average Bonchev–Trinajstić information content (AvgIpc) is 1.58. The number of pyridine rings is 1. The van der Waals surface area contributed by atoms with E-state index in [0.717, 1.165) is 58.6 Å². The molecule has 0 spiro atoms. The number of nitrogens with zero attached hydrogens (tertiary/aromatic N) is 4. The van der Waals surface area contributed by atoms with Crippen LogP contribution in [-0.2, 0) is 116 Å². The van der Waals surface area contributed by atoms with Crippen LogP contribution in [0.2, 0.25) is 0 Å². The fourth-order valence-corrected chi connectivity index (χ4v) is 13.8. The van der Waals surface area contributed by atoms with Crippen molar-refractivity contribution in [2.45, 2.75) is 121 Å². The van der Waals surface area contributed by atoms with Crippen LogP contribution in [0.4, 0.5) is 21.1 Å². The number of hydrogen-bond acceptors (Lipinski definition) is 30. The van der Waals surface area contributed by atoms with Crippen LogP contribution in [0.5, 0.6) is 5.75 Å². The average molecular weight is 1770 g/mol. The van der Waals surface area contributed by atoms with Crippen molar-refractivity contribution in [2.24, 2.45) is 0 Å². The van der Waals surface area contributed by atoms with Crippen LogP contribution in [0.25, 0.3) is 33.1 Å². The lowest BCUT2D eigenvalue weighted by Crippen LogP contribution is -2.60. The zero-order chi connectivity index (χ0) is 89.5. The molecule has 0 unspecified atom stereocenters. The molecule has 0 saturated carbocycles. The monoisotopic (exact) mass is 1760 g/mol. The van der Waals surface area contributed by atoms with Crippen LogP contribution in [0, 0.1) is 0 Å². The fourth-order valence-electron chi connectivity index (χ4n) is 13.8. The highest BCUT2D eigenvalue weighted by atomic mass is 16.7. The van der Waals surface area contributed by atoms with E-state index in [0.29, 0.717) is 192 Å². The Morgan fingerprint density at radius 3 is 1.66 bits per heavy atom. The predicted molar refractivity (Wildman–Crippen MR) is 463 cm³/mol. The molecule has 1 aliphatic carbocycles. The summed E-state index contributed by atoms with van der Waals surface area (Å²) in [6.45, 7) is 11.9. The second-order valence-electron chi connectivity index (χ2n) is 29.9. The van der Waals surface area contributed by atoms with Crippen molar-refractivity contribution in [1.82, 2.24) is 35.4 Å². The standard InChI is InChI=1S/C90H125N9O27/c1-6-7-19-77-96-80-81(99(77)58-63-22-20-62(21-23-63)57-98(2)3)70-26-25-65(87(107)111-5)56-73(70)94-85(80)97-90(109)123-60-64-24-27-75(125-88-84(105)83(104)82(103)76(59-100)126-88)74(55-64)93-79(102)28-31-92-86(106)72(95-89(108)124-61-71-68-16-10-8-14-66(68)67-15-9-11-17-69(67)71)18-12-13-30-91-78(101)29-32-112-35-36-114-39-40-116-43-44-118-47-48-120-51-52-122-54-53-121-50-49-119-46-45-117-42-41-115-38-37-113-34-33-110-4/h8-11,14-17,20-27,55-56,71-72,76,82-84,88,100,103-105H,6-7,12-13,18-19,28-54,57-61H2,1-5H3,(H,91,101)(H,92,106)(H,93,102)(H,95,108)(H,94,97,109)/t72-,76+,82+,83-,84-,88-/m0/s1. The van der Waals surface area contributed by atoms with Crippen LogP contribution >= 0.6 is 0 Å². The van der Waals surface area contributed by atoms with Gasteiger partial charge in [-0.1, -0.05) is 92.2 Å². The van der Waals surface area contributed by atoms with E-state index in [4.69, 9.17) is 90.5 Å². The number of esters is 1. The number of nitrogens with one attached hydrogen (secondary N) is 5. The Labute approximate surface area is 734 Å². The summed E-state index contributed by atoms with van der Waals surface area (Å²) in [7, 11) is 6.92. The van der Waals surface area contributed by atoms with Gasteiger partial charge < -0.3 is 132 Å². The zero-order valence-electron chi connectivity index (χ0n) is 72.8. The third-order valence-corrected chi connectivity index (χ3v) is 20.3. The third kappa shape index (κ3) is 33.6. The van der Waals surface area contributed by atoms with E-state index in [1.54, 1.807) is 25.3 Å². The first kappa shape index (κ1) is 100. The topological polar surface area (TPSA) is 434 Å². The smallest absolute Gasteiger partial charge is 0.413 e. The van der Waals surface area contributed by atoms with Gasteiger partial charge in [-0.15, -0.1) is 0 Å². The fraction of sp³-hybridized carbons (Fsp3) is 0.556. The molecular weight excluding hydrogens is 1640 g/mol. The molecule has 0 bridgehead atoms. The first-order valence-electron chi connectivity index (χ1n) is 42.9. The third-order valence-electron chi connectivity index (χ3n) is 20.3. The number of carbonyl (C=O) groups excluding carboxylic acids is 6. The van der Waals surface area contributed by atoms with Gasteiger partial charge >= 0.3 is 18.2 Å². The number of amides is 5. The molecule has 2 aromatic heterocycles. The molecule has 126 heavy (non-hydrogen) atoms. The highest BCUT2D eigenvalue weighted by Crippen LogP contribution is 2.45. The number of methoxy groups -OCH3 is 2. The number of unbranched alkanes of at least 4 members (excludes halogenated alkanes) is 2. The lowest BCUT2D eigenvalue weighted by atomic mass is 9.98. The quantitative estimate of drug-likeness (QED) is 0.0110. The minimum Gasteiger partial charge on any atom is -0.465 e. The molecular formula is C90H125N9O27. The van der Waals surface area contributed by atoms with Crippen LogP contribution < -0.4 is 31.3 Å². The van der Waals surface area contributed by atoms with Crippen molar-refractivity contribution in [2.75, 3.05) is 217 Å². The largest absolute Gasteiger partial charge is 0.465 e. The van der Waals surface area contributed by atoms with Gasteiger partial charge in [-0.2, -0.15) is 0 Å². The summed E-state index contributed by atoms with van der Waals surface area (Å²) in [6, 6.07) is 32.2. The highest BCUT2D eigenvalue weighted by Gasteiger charge is 2.45. The molecule has 692 valence electrons. The van der Waals surface area contributed by atoms with E-state index in [2.05, 4.69) is 67.2 Å². The SMILES string of the molecule is CCCCc1nc2c(NC(=O)OCc3ccc(O[C@H]4O[C@H](CO)[C@@H](O)[C@H](O)[C@@H]4O)c(NC(=O)CCNC(=O)[C@H](CCCCNC(=O)CCOCCOCCOCCOCCOCCOCCOCCOCCOCCOCCOCCOC)NC(=O)OCC4c5ccccc5-c5ccccc54)c3)nc3cc(C(=O)OC)ccc3c2n1Cc1ccc(CN(C)C)cc1. The van der Waals surface area contributed by atoms with Crippen LogP contribution in [0.3, 0.4) is 0 Å². The Kier molecular flexibility index (Phi) is 45.1. The summed E-state index contributed by atoms with van der Waals surface area (Å²) >= 11 is 0. The van der Waals surface area contributed by atoms with E-state index in [1.165, 1.54) is 25.3 Å². The number of rotatable bonds is 63. The molecule has 6 atom stereocenters. The van der Waals surface area contributed by atoms with E-state index >= 15 is 0 Å². The molecule has 9 rings (SSSR count). The van der Waals surface area contributed by atoms with Crippen molar-refractivity contribution in [3.63, 3.8) is 0 Å². The lowest BCUT2D eigenvalue weighted by molar-refractivity contribution is -0.277. The summed E-state index contributed by atoms with van der Waals surface area (Å²) in [4.78, 5) is 93.9. The Morgan fingerprint density at radius 2 is 1.10 bits per heavy atom. The number of hydrogen-bond donors (Lipinski definition) is 9. The van der Waals surface area contributed by atoms with E-state index < -0.39 is 79.9 Å². The molecule has 9 N–H and O–H groups in total. The highest BCUT2D eigenvalue weighted by molar-refractivity contribution is 6.10. The van der Waals surface area contributed by atoms with Crippen molar-refractivity contribution in [3.8, 4) is 16.9 Å². The number of benzene rings is 5. The molecule has 1 saturated heterocycles. The number of anilines is 2. The Balaban J connectivity index is 0.709. The number of aliphatic hydroxyl groups is 4. The molecule has 1 aliphatic heterocycles. The van der Waals surface area contributed by atoms with Crippen molar-refractivity contribution in [1.29, 1.82) is 0 Å². The number of aryl methyl sites for hydroxylation is 1. The van der Waals surface area contributed by atoms with Gasteiger partial charge in [0.25, 0.3) is 0 Å². The number of aliphatic hydroxyl groups excluding tert-OH is 4. The van der Waals surface area contributed by atoms with E-state index in [1.807, 2.05) is 62.6 Å². The Bertz CT molecular complexity index is 4380. The lowest BCUT2D eigenvalue weighted by Gasteiger charge is -2.39. The number of aromatic nitrogens is 3. The summed E-state index contributed by atoms with van der Waals surface area (Å²) in [6.07, 6.45) is -7.26. The number of carbonyl (C=O) groups is 6. The van der Waals surface area contributed by atoms with Gasteiger partial charge in [0, 0.05) is 63.9 Å². The molecule has 5 aromatic carbocycles. The molecule has 2 aliphatic rings. The maximum absolute atomic E-state index is 14.2. The van der Waals surface area contributed by atoms with Gasteiger partial charge in [-0.3, -0.25) is 19.7 Å². The molecule has 7 aromatic rings. The van der Waals surface area contributed by atoms with Crippen LogP contribution in [-0.4, -0.2) is 319 Å². The summed E-state index contributed by atoms with van der Waals surface area (Å²) in [5.74, 6) is -1.75. The summed E-state index contributed by atoms with van der Waals surface area (Å²) < 4.78 is 96.2. The van der Waals surface area contributed by atoms with Crippen LogP contribution in [0.1, 0.15) is 102 Å². The van der Waals surface area contributed by atoms with Gasteiger partial charge in [-0.05, 0) is 109 Å². The molecule has 0 radical (unpaired) electrons. The zero-order valence-corrected chi connectivity index (χ0v) is 72.8. The van der Waals surface area contributed by atoms with Gasteiger partial charge in [0.1, 0.15) is 60.8 Å². The Morgan fingerprint density at radius 1 is 0.548 bits per heavy atom. The first-order valence-corrected chi connectivity index (χ1v) is 42.9. The number of fused-ring (bicyclic) bond motifs is 6. The van der Waals surface area contributed by atoms with E-state index in [9.17, 15) is 49.2 Å². The van der Waals surface area contributed by atoms with Crippen molar-refractivity contribution >= 4 is 69.3 Å². The maximum Gasteiger partial charge on any atom is 0.413 e. The molecule has 5 amide bonds. The van der Waals surface area contributed by atoms with Gasteiger partial charge in [0.05, 0.1) is 188 Å². The Hall–Kier alpha value is -9.52. The van der Waals surface area contributed by atoms with Crippen LogP contribution in [0.15, 0.2) is 109 Å². The van der Waals surface area contributed by atoms with Gasteiger partial charge in [0.2, 0.25) is 24.0 Å².